The van der Waals surface area contributed by atoms with Crippen molar-refractivity contribution >= 4 is 27.7 Å². The lowest BCUT2D eigenvalue weighted by molar-refractivity contribution is -0.131. The van der Waals surface area contributed by atoms with E-state index in [1.807, 2.05) is 23.2 Å². The Morgan fingerprint density at radius 1 is 1.08 bits per heavy atom. The fourth-order valence-corrected chi connectivity index (χ4v) is 3.22. The smallest absolute Gasteiger partial charge is 0.222 e. The molecule has 24 heavy (non-hydrogen) atoms. The van der Waals surface area contributed by atoms with Crippen molar-refractivity contribution in [2.24, 2.45) is 0 Å². The van der Waals surface area contributed by atoms with Gasteiger partial charge in [-0.1, -0.05) is 32.0 Å². The molecular weight excluding hydrogens is 298 g/mol. The van der Waals surface area contributed by atoms with Crippen LogP contribution >= 0.6 is 0 Å². The number of fused-ring (bicyclic) bond motifs is 3. The zero-order chi connectivity index (χ0) is 16.9. The molecule has 3 rings (SSSR count). The fourth-order valence-electron chi connectivity index (χ4n) is 3.22. The molecule has 4 heteroatoms. The molecule has 0 aliphatic carbocycles. The number of hydrogen-bond acceptors (Lipinski definition) is 2. The first-order valence-electron chi connectivity index (χ1n) is 8.86. The van der Waals surface area contributed by atoms with Crippen molar-refractivity contribution in [1.82, 2.24) is 14.9 Å². The number of aromatic amines is 1. The Morgan fingerprint density at radius 2 is 1.83 bits per heavy atom. The van der Waals surface area contributed by atoms with Gasteiger partial charge < -0.3 is 9.88 Å². The molecule has 0 spiro atoms. The molecule has 2 aromatic heterocycles. The minimum atomic E-state index is 0.236. The maximum atomic E-state index is 12.4. The molecule has 0 radical (unpaired) electrons. The monoisotopic (exact) mass is 323 g/mol. The second-order valence-electron chi connectivity index (χ2n) is 6.27. The molecule has 0 fully saturated rings. The summed E-state index contributed by atoms with van der Waals surface area (Å²) in [6.45, 7) is 5.92. The van der Waals surface area contributed by atoms with Crippen molar-refractivity contribution in [3.8, 4) is 0 Å². The van der Waals surface area contributed by atoms with Crippen LogP contribution < -0.4 is 0 Å². The van der Waals surface area contributed by atoms with Gasteiger partial charge in [0.1, 0.15) is 0 Å². The zero-order valence-electron chi connectivity index (χ0n) is 14.5. The van der Waals surface area contributed by atoms with Crippen LogP contribution in [0.1, 0.15) is 38.8 Å². The number of rotatable bonds is 7. The average Bonchev–Trinajstić information content (AvgIpc) is 2.97. The molecule has 1 amide bonds. The van der Waals surface area contributed by atoms with Crippen molar-refractivity contribution in [3.05, 3.63) is 42.2 Å². The highest BCUT2D eigenvalue weighted by Crippen LogP contribution is 2.25. The third-order valence-electron chi connectivity index (χ3n) is 4.38. The van der Waals surface area contributed by atoms with Crippen LogP contribution in [0.2, 0.25) is 0 Å². The predicted octanol–water partition coefficient (Wildman–Crippen LogP) is 4.30. The van der Waals surface area contributed by atoms with Crippen LogP contribution in [0.15, 0.2) is 36.5 Å². The van der Waals surface area contributed by atoms with Crippen LogP contribution in [0.25, 0.3) is 21.8 Å². The highest BCUT2D eigenvalue weighted by atomic mass is 16.2. The van der Waals surface area contributed by atoms with Crippen molar-refractivity contribution < 1.29 is 4.79 Å². The van der Waals surface area contributed by atoms with E-state index in [4.69, 9.17) is 0 Å². The standard InChI is InChI=1S/C20H25N3O/c1-3-11-23(12-4-2)20(24)10-9-15-13-17-16-7-5-6-8-18(16)22-19(17)14-21-15/h5-8,13-14,22H,3-4,9-12H2,1-2H3. The Kier molecular flexibility index (Phi) is 5.14. The van der Waals surface area contributed by atoms with Gasteiger partial charge in [-0.2, -0.15) is 0 Å². The topological polar surface area (TPSA) is 49.0 Å². The molecule has 126 valence electrons. The van der Waals surface area contributed by atoms with Gasteiger partial charge in [0.15, 0.2) is 0 Å². The van der Waals surface area contributed by atoms with E-state index >= 15 is 0 Å². The third-order valence-corrected chi connectivity index (χ3v) is 4.38. The molecule has 0 bridgehead atoms. The van der Waals surface area contributed by atoms with Gasteiger partial charge in [-0.05, 0) is 31.4 Å². The van der Waals surface area contributed by atoms with Crippen LogP contribution in [0, 0.1) is 0 Å². The van der Waals surface area contributed by atoms with E-state index in [-0.39, 0.29) is 5.91 Å². The summed E-state index contributed by atoms with van der Waals surface area (Å²) in [5.74, 6) is 0.236. The zero-order valence-corrected chi connectivity index (χ0v) is 14.5. The summed E-state index contributed by atoms with van der Waals surface area (Å²) in [5, 5.41) is 2.39. The number of benzene rings is 1. The summed E-state index contributed by atoms with van der Waals surface area (Å²) in [6.07, 6.45) is 5.11. The van der Waals surface area contributed by atoms with Crippen LogP contribution in [0.5, 0.6) is 0 Å². The SMILES string of the molecule is CCCN(CCC)C(=O)CCc1cc2c(cn1)[nH]c1ccccc12. The summed E-state index contributed by atoms with van der Waals surface area (Å²) in [6, 6.07) is 10.4. The van der Waals surface area contributed by atoms with Gasteiger partial charge in [-0.25, -0.2) is 0 Å². The van der Waals surface area contributed by atoms with E-state index in [0.29, 0.717) is 12.8 Å². The lowest BCUT2D eigenvalue weighted by Crippen LogP contribution is -2.32. The van der Waals surface area contributed by atoms with Crippen LogP contribution in [0.4, 0.5) is 0 Å². The Balaban J connectivity index is 1.75. The Labute approximate surface area is 142 Å². The third kappa shape index (κ3) is 3.42. The average molecular weight is 323 g/mol. The number of hydrogen-bond donors (Lipinski definition) is 1. The first-order chi connectivity index (χ1) is 11.7. The molecule has 0 aliphatic rings. The van der Waals surface area contributed by atoms with Gasteiger partial charge in [0, 0.05) is 41.5 Å². The van der Waals surface area contributed by atoms with Gasteiger partial charge in [-0.15, -0.1) is 0 Å². The number of nitrogens with one attached hydrogen (secondary N) is 1. The molecule has 1 N–H and O–H groups in total. The van der Waals surface area contributed by atoms with Gasteiger partial charge in [0.2, 0.25) is 5.91 Å². The lowest BCUT2D eigenvalue weighted by Gasteiger charge is -2.21. The maximum Gasteiger partial charge on any atom is 0.222 e. The first-order valence-corrected chi connectivity index (χ1v) is 8.86. The fraction of sp³-hybridized carbons (Fsp3) is 0.400. The molecule has 0 atom stereocenters. The molecular formula is C20H25N3O. The van der Waals surface area contributed by atoms with Gasteiger partial charge in [0.05, 0.1) is 11.7 Å². The normalized spacial score (nSPS) is 11.2. The van der Waals surface area contributed by atoms with Gasteiger partial charge in [0.25, 0.3) is 0 Å². The second kappa shape index (κ2) is 7.47. The van der Waals surface area contributed by atoms with Crippen molar-refractivity contribution in [1.29, 1.82) is 0 Å². The quantitative estimate of drug-likeness (QED) is 0.705. The van der Waals surface area contributed by atoms with Crippen molar-refractivity contribution in [2.45, 2.75) is 39.5 Å². The minimum absolute atomic E-state index is 0.236. The number of carbonyl (C=O) groups excluding carboxylic acids is 1. The molecule has 3 aromatic rings. The van der Waals surface area contributed by atoms with E-state index in [1.54, 1.807) is 0 Å². The number of aromatic nitrogens is 2. The van der Waals surface area contributed by atoms with E-state index in [1.165, 1.54) is 10.8 Å². The highest BCUT2D eigenvalue weighted by Gasteiger charge is 2.12. The molecule has 0 aliphatic heterocycles. The van der Waals surface area contributed by atoms with E-state index in [9.17, 15) is 4.79 Å². The van der Waals surface area contributed by atoms with Gasteiger partial charge >= 0.3 is 0 Å². The molecule has 0 unspecified atom stereocenters. The molecule has 0 saturated heterocycles. The predicted molar refractivity (Wildman–Crippen MR) is 99.1 cm³/mol. The van der Waals surface area contributed by atoms with E-state index < -0.39 is 0 Å². The molecule has 0 saturated carbocycles. The number of aryl methyl sites for hydroxylation is 1. The Hall–Kier alpha value is -2.36. The Morgan fingerprint density at radius 3 is 2.58 bits per heavy atom. The number of carbonyl (C=O) groups is 1. The van der Waals surface area contributed by atoms with E-state index in [2.05, 4.69) is 42.0 Å². The van der Waals surface area contributed by atoms with Crippen LogP contribution in [0.3, 0.4) is 0 Å². The van der Waals surface area contributed by atoms with Gasteiger partial charge in [-0.3, -0.25) is 9.78 Å². The maximum absolute atomic E-state index is 12.4. The first kappa shape index (κ1) is 16.5. The largest absolute Gasteiger partial charge is 0.353 e. The van der Waals surface area contributed by atoms with Crippen molar-refractivity contribution in [2.75, 3.05) is 13.1 Å². The summed E-state index contributed by atoms with van der Waals surface area (Å²) in [4.78, 5) is 22.3. The van der Waals surface area contributed by atoms with Crippen LogP contribution in [-0.4, -0.2) is 33.9 Å². The Bertz CT molecular complexity index is 831. The summed E-state index contributed by atoms with van der Waals surface area (Å²) in [7, 11) is 0. The summed E-state index contributed by atoms with van der Waals surface area (Å²) < 4.78 is 0. The molecule has 4 nitrogen and oxygen atoms in total. The van der Waals surface area contributed by atoms with Crippen molar-refractivity contribution in [3.63, 3.8) is 0 Å². The number of pyridine rings is 1. The molecule has 2 heterocycles. The minimum Gasteiger partial charge on any atom is -0.353 e. The molecule has 1 aromatic carbocycles. The lowest BCUT2D eigenvalue weighted by atomic mass is 10.1. The second-order valence-corrected chi connectivity index (χ2v) is 6.27. The highest BCUT2D eigenvalue weighted by molar-refractivity contribution is 6.06. The number of amides is 1. The summed E-state index contributed by atoms with van der Waals surface area (Å²) in [5.41, 5.74) is 3.15. The number of nitrogens with zero attached hydrogens (tertiary/aromatic N) is 2. The van der Waals surface area contributed by atoms with Crippen LogP contribution in [-0.2, 0) is 11.2 Å². The van der Waals surface area contributed by atoms with E-state index in [0.717, 1.165) is 42.7 Å². The number of para-hydroxylation sites is 1. The summed E-state index contributed by atoms with van der Waals surface area (Å²) >= 11 is 0. The number of H-pyrrole nitrogens is 1.